The molecule has 0 saturated carbocycles. The van der Waals surface area contributed by atoms with Gasteiger partial charge in [-0.3, -0.25) is 14.6 Å². The van der Waals surface area contributed by atoms with Crippen LogP contribution in [0.2, 0.25) is 0 Å². The number of nitrogens with one attached hydrogen (secondary N) is 2. The molecule has 3 aromatic rings. The molecule has 0 aliphatic heterocycles. The van der Waals surface area contributed by atoms with Crippen molar-refractivity contribution in [3.8, 4) is 5.75 Å². The molecule has 8 heteroatoms. The molecular formula is C23H21N3O5. The highest BCUT2D eigenvalue weighted by Crippen LogP contribution is 2.15. The van der Waals surface area contributed by atoms with Gasteiger partial charge in [0.1, 0.15) is 11.8 Å². The Hall–Kier alpha value is -4.20. The van der Waals surface area contributed by atoms with E-state index in [-0.39, 0.29) is 18.1 Å². The highest BCUT2D eigenvalue weighted by atomic mass is 16.5. The average Bonchev–Trinajstić information content (AvgIpc) is 2.80. The number of rotatable bonds is 7. The number of aromatic nitrogens is 1. The smallest absolute Gasteiger partial charge is 0.328 e. The van der Waals surface area contributed by atoms with Crippen LogP contribution in [-0.4, -0.2) is 41.0 Å². The number of benzene rings is 2. The van der Waals surface area contributed by atoms with Gasteiger partial charge in [-0.2, -0.15) is 0 Å². The maximum absolute atomic E-state index is 12.4. The average molecular weight is 419 g/mol. The molecule has 158 valence electrons. The third-order valence-corrected chi connectivity index (χ3v) is 4.50. The normalized spacial score (nSPS) is 11.3. The van der Waals surface area contributed by atoms with Gasteiger partial charge in [0.05, 0.1) is 12.7 Å². The van der Waals surface area contributed by atoms with Crippen LogP contribution in [0.15, 0.2) is 73.1 Å². The zero-order chi connectivity index (χ0) is 22.2. The van der Waals surface area contributed by atoms with Crippen molar-refractivity contribution in [3.05, 3.63) is 89.7 Å². The first-order chi connectivity index (χ1) is 15.0. The lowest BCUT2D eigenvalue weighted by molar-refractivity contribution is -0.142. The Kier molecular flexibility index (Phi) is 6.95. The minimum Gasteiger partial charge on any atom is -0.508 e. The third kappa shape index (κ3) is 5.89. The fourth-order valence-corrected chi connectivity index (χ4v) is 2.85. The van der Waals surface area contributed by atoms with Gasteiger partial charge in [-0.05, 0) is 54.1 Å². The molecule has 3 rings (SSSR count). The van der Waals surface area contributed by atoms with Gasteiger partial charge in [0, 0.05) is 30.1 Å². The monoisotopic (exact) mass is 419 g/mol. The number of aromatic hydroxyl groups is 1. The molecule has 3 N–H and O–H groups in total. The number of pyridine rings is 1. The molecule has 2 amide bonds. The molecule has 8 nitrogen and oxygen atoms in total. The van der Waals surface area contributed by atoms with Gasteiger partial charge in [-0.25, -0.2) is 4.79 Å². The Morgan fingerprint density at radius 2 is 1.68 bits per heavy atom. The summed E-state index contributed by atoms with van der Waals surface area (Å²) in [6, 6.07) is 15.2. The molecule has 0 radical (unpaired) electrons. The van der Waals surface area contributed by atoms with Crippen LogP contribution in [0.4, 0.5) is 5.69 Å². The number of hydrogen-bond donors (Lipinski definition) is 3. The first kappa shape index (κ1) is 21.5. The van der Waals surface area contributed by atoms with Crippen LogP contribution < -0.4 is 10.6 Å². The number of nitrogens with zero attached hydrogens (tertiary/aromatic N) is 1. The molecule has 0 aliphatic carbocycles. The zero-order valence-electron chi connectivity index (χ0n) is 16.7. The van der Waals surface area contributed by atoms with Crippen molar-refractivity contribution in [1.29, 1.82) is 0 Å². The second-order valence-electron chi connectivity index (χ2n) is 6.69. The van der Waals surface area contributed by atoms with Gasteiger partial charge >= 0.3 is 5.97 Å². The first-order valence-corrected chi connectivity index (χ1v) is 9.44. The molecule has 1 heterocycles. The summed E-state index contributed by atoms with van der Waals surface area (Å²) in [6.45, 7) is 0. The fourth-order valence-electron chi connectivity index (χ4n) is 2.85. The van der Waals surface area contributed by atoms with Gasteiger partial charge in [0.2, 0.25) is 0 Å². The Labute approximate surface area is 178 Å². The number of carbonyl (C=O) groups excluding carboxylic acids is 3. The molecule has 1 atom stereocenters. The predicted molar refractivity (Wildman–Crippen MR) is 114 cm³/mol. The van der Waals surface area contributed by atoms with E-state index in [1.54, 1.807) is 42.6 Å². The molecule has 31 heavy (non-hydrogen) atoms. The van der Waals surface area contributed by atoms with E-state index in [9.17, 15) is 19.5 Å². The largest absolute Gasteiger partial charge is 0.508 e. The number of phenolic OH excluding ortho intramolecular Hbond substituents is 1. The van der Waals surface area contributed by atoms with Crippen molar-refractivity contribution < 1.29 is 24.2 Å². The summed E-state index contributed by atoms with van der Waals surface area (Å²) in [5.41, 5.74) is 2.08. The molecular weight excluding hydrogens is 398 g/mol. The maximum atomic E-state index is 12.4. The number of hydrogen-bond acceptors (Lipinski definition) is 6. The van der Waals surface area contributed by atoms with E-state index in [1.165, 1.54) is 37.6 Å². The Bertz CT molecular complexity index is 1050. The van der Waals surface area contributed by atoms with Crippen LogP contribution >= 0.6 is 0 Å². The maximum Gasteiger partial charge on any atom is 0.328 e. The number of methoxy groups -OCH3 is 1. The number of esters is 1. The standard InChI is InChI=1S/C23H21N3O5/c1-31-23(30)20(26-22(29)17-3-2-12-24-14-17)13-15-4-8-18(9-5-15)25-21(28)16-6-10-19(27)11-7-16/h2-12,14,20,27H,13H2,1H3,(H,25,28)(H,26,29)/t20-/m1/s1. The molecule has 0 unspecified atom stereocenters. The topological polar surface area (TPSA) is 118 Å². The van der Waals surface area contributed by atoms with Gasteiger partial charge < -0.3 is 20.5 Å². The third-order valence-electron chi connectivity index (χ3n) is 4.50. The number of amides is 2. The van der Waals surface area contributed by atoms with Crippen LogP contribution in [0.25, 0.3) is 0 Å². The van der Waals surface area contributed by atoms with Crippen LogP contribution in [0, 0.1) is 0 Å². The number of anilines is 1. The SMILES string of the molecule is COC(=O)[C@@H](Cc1ccc(NC(=O)c2ccc(O)cc2)cc1)NC(=O)c1cccnc1. The summed E-state index contributed by atoms with van der Waals surface area (Å²) >= 11 is 0. The Morgan fingerprint density at radius 1 is 0.968 bits per heavy atom. The van der Waals surface area contributed by atoms with Crippen LogP contribution in [0.5, 0.6) is 5.75 Å². The highest BCUT2D eigenvalue weighted by Gasteiger charge is 2.22. The number of phenols is 1. The molecule has 0 bridgehead atoms. The lowest BCUT2D eigenvalue weighted by Gasteiger charge is -2.17. The van der Waals surface area contributed by atoms with E-state index >= 15 is 0 Å². The van der Waals surface area contributed by atoms with Crippen LogP contribution in [0.1, 0.15) is 26.3 Å². The summed E-state index contributed by atoms with van der Waals surface area (Å²) in [6.07, 6.45) is 3.18. The van der Waals surface area contributed by atoms with Crippen molar-refractivity contribution >= 4 is 23.5 Å². The minimum atomic E-state index is -0.879. The first-order valence-electron chi connectivity index (χ1n) is 9.44. The summed E-state index contributed by atoms with van der Waals surface area (Å²) in [7, 11) is 1.26. The minimum absolute atomic E-state index is 0.0803. The van der Waals surface area contributed by atoms with E-state index in [4.69, 9.17) is 4.74 Å². The summed E-state index contributed by atoms with van der Waals surface area (Å²) in [5, 5.41) is 14.7. The molecule has 2 aromatic carbocycles. The Balaban J connectivity index is 1.65. The fraction of sp³-hybridized carbons (Fsp3) is 0.130. The van der Waals surface area contributed by atoms with Gasteiger partial charge in [0.15, 0.2) is 0 Å². The van der Waals surface area contributed by atoms with E-state index in [0.717, 1.165) is 5.56 Å². The van der Waals surface area contributed by atoms with Crippen molar-refractivity contribution in [2.45, 2.75) is 12.5 Å². The summed E-state index contributed by atoms with van der Waals surface area (Å²) < 4.78 is 4.81. The van der Waals surface area contributed by atoms with Crippen molar-refractivity contribution in [1.82, 2.24) is 10.3 Å². The molecule has 0 fully saturated rings. The van der Waals surface area contributed by atoms with Crippen molar-refractivity contribution in [3.63, 3.8) is 0 Å². The van der Waals surface area contributed by atoms with Gasteiger partial charge in [-0.1, -0.05) is 12.1 Å². The summed E-state index contributed by atoms with van der Waals surface area (Å²) in [5.74, 6) is -1.23. The lowest BCUT2D eigenvalue weighted by atomic mass is 10.0. The van der Waals surface area contributed by atoms with Crippen molar-refractivity contribution in [2.75, 3.05) is 12.4 Å². The summed E-state index contributed by atoms with van der Waals surface area (Å²) in [4.78, 5) is 40.7. The van der Waals surface area contributed by atoms with Gasteiger partial charge in [0.25, 0.3) is 11.8 Å². The molecule has 1 aromatic heterocycles. The van der Waals surface area contributed by atoms with Crippen LogP contribution in [-0.2, 0) is 16.0 Å². The van der Waals surface area contributed by atoms with E-state index in [2.05, 4.69) is 15.6 Å². The van der Waals surface area contributed by atoms with Crippen molar-refractivity contribution in [2.24, 2.45) is 0 Å². The molecule has 0 aliphatic rings. The number of carbonyl (C=O) groups is 3. The lowest BCUT2D eigenvalue weighted by Crippen LogP contribution is -2.43. The van der Waals surface area contributed by atoms with E-state index < -0.39 is 17.9 Å². The Morgan fingerprint density at radius 3 is 2.29 bits per heavy atom. The predicted octanol–water partition coefficient (Wildman–Crippen LogP) is 2.55. The second kappa shape index (κ2) is 10.0. The zero-order valence-corrected chi connectivity index (χ0v) is 16.7. The number of ether oxygens (including phenoxy) is 1. The van der Waals surface area contributed by atoms with E-state index in [0.29, 0.717) is 16.8 Å². The molecule has 0 saturated heterocycles. The molecule has 0 spiro atoms. The van der Waals surface area contributed by atoms with Crippen LogP contribution in [0.3, 0.4) is 0 Å². The second-order valence-corrected chi connectivity index (χ2v) is 6.69. The van der Waals surface area contributed by atoms with E-state index in [1.807, 2.05) is 0 Å². The quantitative estimate of drug-likeness (QED) is 0.507. The van der Waals surface area contributed by atoms with Gasteiger partial charge in [-0.15, -0.1) is 0 Å². The highest BCUT2D eigenvalue weighted by molar-refractivity contribution is 6.04.